The summed E-state index contributed by atoms with van der Waals surface area (Å²) in [5.41, 5.74) is 0. The van der Waals surface area contributed by atoms with Gasteiger partial charge < -0.3 is 29.9 Å². The van der Waals surface area contributed by atoms with Gasteiger partial charge in [0.25, 0.3) is 0 Å². The van der Waals surface area contributed by atoms with Crippen molar-refractivity contribution in [3.63, 3.8) is 0 Å². The fraction of sp³-hybridized carbons (Fsp3) is 0.897. The fourth-order valence-electron chi connectivity index (χ4n) is 6.54. The van der Waals surface area contributed by atoms with Gasteiger partial charge in [0.1, 0.15) is 19.3 Å². The molecule has 0 aromatic carbocycles. The van der Waals surface area contributed by atoms with E-state index in [1.54, 1.807) is 6.08 Å². The summed E-state index contributed by atoms with van der Waals surface area (Å²) in [7, 11) is 0. The highest BCUT2D eigenvalue weighted by Crippen LogP contribution is 2.37. The quantitative estimate of drug-likeness (QED) is 0.0344. The lowest BCUT2D eigenvalue weighted by molar-refractivity contribution is -0.152. The molecule has 0 heterocycles. The average molecular weight is 669 g/mol. The van der Waals surface area contributed by atoms with Gasteiger partial charge in [-0.15, -0.1) is 0 Å². The van der Waals surface area contributed by atoms with Crippen LogP contribution in [0.5, 0.6) is 0 Å². The Morgan fingerprint density at radius 3 is 1.70 bits per heavy atom. The molecule has 4 N–H and O–H groups in total. The summed E-state index contributed by atoms with van der Waals surface area (Å²) in [6.07, 6.45) is 23.4. The van der Waals surface area contributed by atoms with Crippen LogP contribution in [0.3, 0.4) is 0 Å². The van der Waals surface area contributed by atoms with Crippen LogP contribution in [-0.4, -0.2) is 70.0 Å². The Morgan fingerprint density at radius 1 is 0.681 bits per heavy atom. The first-order valence-corrected chi connectivity index (χ1v) is 19.4. The molecule has 47 heavy (non-hydrogen) atoms. The molecular weight excluding hydrogens is 596 g/mol. The Morgan fingerprint density at radius 2 is 1.17 bits per heavy atom. The molecule has 0 spiro atoms. The maximum atomic E-state index is 12.1. The predicted molar refractivity (Wildman–Crippen MR) is 189 cm³/mol. The van der Waals surface area contributed by atoms with Gasteiger partial charge in [-0.05, 0) is 37.5 Å². The van der Waals surface area contributed by atoms with Gasteiger partial charge in [0, 0.05) is 25.2 Å². The molecular formula is C39H72O8. The van der Waals surface area contributed by atoms with Crippen molar-refractivity contribution in [2.24, 2.45) is 17.8 Å². The first kappa shape index (κ1) is 43.5. The van der Waals surface area contributed by atoms with Crippen LogP contribution in [0.1, 0.15) is 168 Å². The molecule has 6 atom stereocenters. The van der Waals surface area contributed by atoms with Crippen LogP contribution < -0.4 is 0 Å². The second-order valence-corrected chi connectivity index (χ2v) is 14.5. The number of hydrogen-bond acceptors (Lipinski definition) is 8. The molecule has 1 rings (SSSR count). The van der Waals surface area contributed by atoms with Crippen LogP contribution in [0, 0.1) is 17.8 Å². The van der Waals surface area contributed by atoms with E-state index in [1.165, 1.54) is 51.4 Å². The molecule has 1 aliphatic rings. The molecule has 1 fully saturated rings. The highest BCUT2D eigenvalue weighted by molar-refractivity contribution is 5.69. The Bertz CT molecular complexity index is 800. The van der Waals surface area contributed by atoms with Gasteiger partial charge in [0.2, 0.25) is 0 Å². The van der Waals surface area contributed by atoms with E-state index >= 15 is 0 Å². The van der Waals surface area contributed by atoms with E-state index in [9.17, 15) is 30.0 Å². The molecule has 1 aliphatic carbocycles. The topological polar surface area (TPSA) is 134 Å². The van der Waals surface area contributed by atoms with Crippen molar-refractivity contribution in [1.82, 2.24) is 0 Å². The van der Waals surface area contributed by atoms with Gasteiger partial charge in [0.05, 0.1) is 18.3 Å². The van der Waals surface area contributed by atoms with E-state index < -0.39 is 24.4 Å². The predicted octanol–water partition coefficient (Wildman–Crippen LogP) is 7.97. The van der Waals surface area contributed by atoms with Gasteiger partial charge >= 0.3 is 11.9 Å². The number of rotatable bonds is 30. The molecule has 0 aliphatic heterocycles. The number of carbonyl (C=O) groups is 2. The zero-order chi connectivity index (χ0) is 34.7. The van der Waals surface area contributed by atoms with Crippen LogP contribution in [0.25, 0.3) is 0 Å². The summed E-state index contributed by atoms with van der Waals surface area (Å²) in [5.74, 6) is -0.0609. The monoisotopic (exact) mass is 669 g/mol. The molecule has 0 aromatic rings. The van der Waals surface area contributed by atoms with Gasteiger partial charge in [-0.25, -0.2) is 0 Å². The molecule has 0 aromatic heterocycles. The average Bonchev–Trinajstić information content (AvgIpc) is 3.30. The van der Waals surface area contributed by atoms with Gasteiger partial charge in [0.15, 0.2) is 0 Å². The second kappa shape index (κ2) is 28.4. The van der Waals surface area contributed by atoms with Crippen molar-refractivity contribution < 1.29 is 39.5 Å². The molecule has 276 valence electrons. The highest BCUT2D eigenvalue weighted by atomic mass is 16.6. The Balaban J connectivity index is 2.03. The van der Waals surface area contributed by atoms with Crippen molar-refractivity contribution in [2.45, 2.75) is 193 Å². The smallest absolute Gasteiger partial charge is 0.305 e. The summed E-state index contributed by atoms with van der Waals surface area (Å²) in [4.78, 5) is 24.1. The largest absolute Gasteiger partial charge is 0.463 e. The zero-order valence-electron chi connectivity index (χ0n) is 30.3. The van der Waals surface area contributed by atoms with E-state index in [0.717, 1.165) is 70.1 Å². The summed E-state index contributed by atoms with van der Waals surface area (Å²) in [6, 6.07) is 0. The summed E-state index contributed by atoms with van der Waals surface area (Å²) in [5, 5.41) is 41.1. The van der Waals surface area contributed by atoms with Crippen LogP contribution in [-0.2, 0) is 19.1 Å². The summed E-state index contributed by atoms with van der Waals surface area (Å²) in [6.45, 7) is 6.35. The first-order chi connectivity index (χ1) is 22.6. The van der Waals surface area contributed by atoms with Crippen LogP contribution >= 0.6 is 0 Å². The Hall–Kier alpha value is -1.48. The Labute approximate surface area is 287 Å². The minimum atomic E-state index is -1.03. The van der Waals surface area contributed by atoms with Gasteiger partial charge in [-0.2, -0.15) is 0 Å². The molecule has 1 saturated carbocycles. The molecule has 0 saturated heterocycles. The standard InChI is InChI=1S/C39H72O8/c1-4-5-16-22-32(40)26-27-35-34(36(42)28-37(35)43)23-18-14-15-20-25-39(45)47-30-33(41)29-46-38(44)24-19-13-11-9-7-6-8-10-12-17-21-31(2)3/h26-27,31-37,40-43H,4-25,28-30H2,1-3H3/b27-26+/t32-,33+,34+,35+,36-,37+/m0/s1. The molecule has 0 radical (unpaired) electrons. The second-order valence-electron chi connectivity index (χ2n) is 14.5. The lowest BCUT2D eigenvalue weighted by Crippen LogP contribution is -2.25. The lowest BCUT2D eigenvalue weighted by Gasteiger charge is -2.21. The summed E-state index contributed by atoms with van der Waals surface area (Å²) < 4.78 is 10.3. The molecule has 0 unspecified atom stereocenters. The number of aliphatic hydroxyl groups is 4. The van der Waals surface area contributed by atoms with E-state index in [0.29, 0.717) is 25.7 Å². The molecule has 8 nitrogen and oxygen atoms in total. The lowest BCUT2D eigenvalue weighted by atomic mass is 9.88. The highest BCUT2D eigenvalue weighted by Gasteiger charge is 2.39. The van der Waals surface area contributed by atoms with Crippen LogP contribution in [0.2, 0.25) is 0 Å². The molecule has 0 amide bonds. The molecule has 0 bridgehead atoms. The number of aliphatic hydroxyl groups excluding tert-OH is 4. The maximum Gasteiger partial charge on any atom is 0.305 e. The minimum absolute atomic E-state index is 0.0292. The normalized spacial score (nSPS) is 21.0. The van der Waals surface area contributed by atoms with Crippen molar-refractivity contribution >= 4 is 11.9 Å². The summed E-state index contributed by atoms with van der Waals surface area (Å²) >= 11 is 0. The number of ether oxygens (including phenoxy) is 2. The number of unbranched alkanes of at least 4 members (excludes halogenated alkanes) is 14. The van der Waals surface area contributed by atoms with Crippen molar-refractivity contribution in [2.75, 3.05) is 13.2 Å². The molecule has 8 heteroatoms. The van der Waals surface area contributed by atoms with Crippen LogP contribution in [0.15, 0.2) is 12.2 Å². The fourth-order valence-corrected chi connectivity index (χ4v) is 6.54. The number of hydrogen-bond donors (Lipinski definition) is 4. The maximum absolute atomic E-state index is 12.1. The SMILES string of the molecule is CCCCC[C@H](O)/C=C/[C@@H]1[C@@H](CCCCCCC(=O)OC[C@H](O)COC(=O)CCCCCCCCCCCCC(C)C)[C@@H](O)C[C@H]1O. The Kier molecular flexibility index (Phi) is 26.3. The van der Waals surface area contributed by atoms with Crippen molar-refractivity contribution in [3.8, 4) is 0 Å². The third-order valence-electron chi connectivity index (χ3n) is 9.53. The van der Waals surface area contributed by atoms with Gasteiger partial charge in [-0.3, -0.25) is 9.59 Å². The van der Waals surface area contributed by atoms with Crippen molar-refractivity contribution in [1.29, 1.82) is 0 Å². The van der Waals surface area contributed by atoms with Gasteiger partial charge in [-0.1, -0.05) is 136 Å². The number of esters is 2. The van der Waals surface area contributed by atoms with E-state index in [4.69, 9.17) is 9.47 Å². The van der Waals surface area contributed by atoms with E-state index in [1.807, 2.05) is 6.08 Å². The van der Waals surface area contributed by atoms with Crippen molar-refractivity contribution in [3.05, 3.63) is 12.2 Å². The van der Waals surface area contributed by atoms with E-state index in [-0.39, 0.29) is 43.4 Å². The third-order valence-corrected chi connectivity index (χ3v) is 9.53. The van der Waals surface area contributed by atoms with Crippen LogP contribution in [0.4, 0.5) is 0 Å². The number of carbonyl (C=O) groups excluding carboxylic acids is 2. The minimum Gasteiger partial charge on any atom is -0.463 e. The third kappa shape index (κ3) is 23.5. The zero-order valence-corrected chi connectivity index (χ0v) is 30.3. The first-order valence-electron chi connectivity index (χ1n) is 19.4. The van der Waals surface area contributed by atoms with E-state index in [2.05, 4.69) is 20.8 Å².